The van der Waals surface area contributed by atoms with Crippen molar-refractivity contribution in [1.29, 1.82) is 0 Å². The number of carbonyl (C=O) groups excluding carboxylic acids is 1. The zero-order valence-electron chi connectivity index (χ0n) is 12.6. The number of hydrogen-bond donors (Lipinski definition) is 4. The average molecular weight is 303 g/mol. The molecule has 0 radical (unpaired) electrons. The Balaban J connectivity index is 3.98. The van der Waals surface area contributed by atoms with E-state index in [-0.39, 0.29) is 12.8 Å². The summed E-state index contributed by atoms with van der Waals surface area (Å²) in [6.45, 7) is 7.30. The van der Waals surface area contributed by atoms with E-state index in [4.69, 9.17) is 10.2 Å². The van der Waals surface area contributed by atoms with E-state index in [1.807, 2.05) is 0 Å². The molecular formula is C13H25N3O5. The number of amides is 2. The summed E-state index contributed by atoms with van der Waals surface area (Å²) in [5.74, 6) is -2.34. The Morgan fingerprint density at radius 1 is 1.14 bits per heavy atom. The third-order valence-corrected chi connectivity index (χ3v) is 3.08. The van der Waals surface area contributed by atoms with Gasteiger partial charge in [-0.3, -0.25) is 4.79 Å². The molecule has 0 aliphatic rings. The molecule has 0 spiro atoms. The van der Waals surface area contributed by atoms with Gasteiger partial charge in [0.25, 0.3) is 0 Å². The number of hydrogen-bond acceptors (Lipinski definition) is 4. The van der Waals surface area contributed by atoms with Crippen LogP contribution in [0.5, 0.6) is 0 Å². The molecule has 0 aliphatic heterocycles. The molecule has 8 nitrogen and oxygen atoms in total. The van der Waals surface area contributed by atoms with Gasteiger partial charge in [0.1, 0.15) is 6.04 Å². The lowest BCUT2D eigenvalue weighted by Gasteiger charge is -2.18. The number of rotatable bonds is 11. The fourth-order valence-electron chi connectivity index (χ4n) is 1.78. The topological polar surface area (TPSA) is 119 Å². The smallest absolute Gasteiger partial charge is 0.326 e. The van der Waals surface area contributed by atoms with E-state index in [9.17, 15) is 14.4 Å². The van der Waals surface area contributed by atoms with Crippen LogP contribution in [0.15, 0.2) is 0 Å². The molecule has 0 aromatic heterocycles. The fourth-order valence-corrected chi connectivity index (χ4v) is 1.78. The van der Waals surface area contributed by atoms with Crippen molar-refractivity contribution in [2.75, 3.05) is 26.2 Å². The highest BCUT2D eigenvalue weighted by Gasteiger charge is 2.20. The SMILES string of the molecule is CCN(CC)CCCNC(=O)N[C@@H](CCC(=O)O)C(=O)O. The second kappa shape index (κ2) is 10.9. The number of nitrogens with zero attached hydrogens (tertiary/aromatic N) is 1. The third kappa shape index (κ3) is 9.67. The second-order valence-corrected chi connectivity index (χ2v) is 4.60. The maximum atomic E-state index is 11.5. The van der Waals surface area contributed by atoms with Crippen LogP contribution in [0.1, 0.15) is 33.1 Å². The Bertz CT molecular complexity index is 345. The van der Waals surface area contributed by atoms with Crippen molar-refractivity contribution in [3.63, 3.8) is 0 Å². The van der Waals surface area contributed by atoms with E-state index in [1.54, 1.807) is 0 Å². The van der Waals surface area contributed by atoms with Crippen LogP contribution in [0, 0.1) is 0 Å². The van der Waals surface area contributed by atoms with E-state index >= 15 is 0 Å². The van der Waals surface area contributed by atoms with Crippen molar-refractivity contribution in [2.24, 2.45) is 0 Å². The lowest BCUT2D eigenvalue weighted by atomic mass is 10.1. The summed E-state index contributed by atoms with van der Waals surface area (Å²) in [6, 6.07) is -1.78. The highest BCUT2D eigenvalue weighted by atomic mass is 16.4. The summed E-state index contributed by atoms with van der Waals surface area (Å²) in [5.41, 5.74) is 0. The Morgan fingerprint density at radius 2 is 1.76 bits per heavy atom. The Hall–Kier alpha value is -1.83. The van der Waals surface area contributed by atoms with Gasteiger partial charge in [-0.05, 0) is 32.5 Å². The number of carbonyl (C=O) groups is 3. The van der Waals surface area contributed by atoms with Crippen molar-refractivity contribution in [1.82, 2.24) is 15.5 Å². The summed E-state index contributed by atoms with van der Waals surface area (Å²) < 4.78 is 0. The summed E-state index contributed by atoms with van der Waals surface area (Å²) >= 11 is 0. The summed E-state index contributed by atoms with van der Waals surface area (Å²) in [6.07, 6.45) is 0.318. The maximum absolute atomic E-state index is 11.5. The van der Waals surface area contributed by atoms with Crippen LogP contribution in [0.25, 0.3) is 0 Å². The van der Waals surface area contributed by atoms with E-state index < -0.39 is 24.0 Å². The predicted octanol–water partition coefficient (Wildman–Crippen LogP) is 0.336. The molecule has 0 heterocycles. The highest BCUT2D eigenvalue weighted by molar-refractivity contribution is 5.82. The minimum absolute atomic E-state index is 0.141. The van der Waals surface area contributed by atoms with Gasteiger partial charge in [0.15, 0.2) is 0 Å². The molecule has 0 rings (SSSR count). The van der Waals surface area contributed by atoms with Crippen molar-refractivity contribution in [3.05, 3.63) is 0 Å². The zero-order chi connectivity index (χ0) is 16.3. The monoisotopic (exact) mass is 303 g/mol. The van der Waals surface area contributed by atoms with Gasteiger partial charge < -0.3 is 25.7 Å². The first kappa shape index (κ1) is 19.2. The molecule has 0 aromatic rings. The van der Waals surface area contributed by atoms with E-state index in [0.29, 0.717) is 6.54 Å². The van der Waals surface area contributed by atoms with Crippen molar-refractivity contribution < 1.29 is 24.6 Å². The van der Waals surface area contributed by atoms with Crippen LogP contribution in [0.4, 0.5) is 4.79 Å². The number of carboxylic acid groups (broad SMARTS) is 2. The molecule has 0 saturated heterocycles. The lowest BCUT2D eigenvalue weighted by molar-refractivity contribution is -0.140. The van der Waals surface area contributed by atoms with Crippen LogP contribution >= 0.6 is 0 Å². The van der Waals surface area contributed by atoms with Crippen molar-refractivity contribution in [3.8, 4) is 0 Å². The summed E-state index contributed by atoms with van der Waals surface area (Å²) in [4.78, 5) is 35.1. The van der Waals surface area contributed by atoms with Crippen LogP contribution in [0.3, 0.4) is 0 Å². The molecule has 0 aliphatic carbocycles. The number of nitrogens with one attached hydrogen (secondary N) is 2. The minimum Gasteiger partial charge on any atom is -0.481 e. The first-order chi connectivity index (χ1) is 9.90. The number of urea groups is 1. The largest absolute Gasteiger partial charge is 0.481 e. The second-order valence-electron chi connectivity index (χ2n) is 4.60. The maximum Gasteiger partial charge on any atom is 0.326 e. The summed E-state index contributed by atoms with van der Waals surface area (Å²) in [5, 5.41) is 22.3. The van der Waals surface area contributed by atoms with Crippen LogP contribution < -0.4 is 10.6 Å². The average Bonchev–Trinajstić information content (AvgIpc) is 2.43. The van der Waals surface area contributed by atoms with Crippen LogP contribution in [0.2, 0.25) is 0 Å². The van der Waals surface area contributed by atoms with Gasteiger partial charge in [-0.2, -0.15) is 0 Å². The number of carboxylic acids is 2. The van der Waals surface area contributed by atoms with Gasteiger partial charge in [0.05, 0.1) is 0 Å². The molecule has 0 unspecified atom stereocenters. The lowest BCUT2D eigenvalue weighted by Crippen LogP contribution is -2.46. The predicted molar refractivity (Wildman–Crippen MR) is 77.2 cm³/mol. The molecule has 21 heavy (non-hydrogen) atoms. The van der Waals surface area contributed by atoms with Crippen molar-refractivity contribution in [2.45, 2.75) is 39.2 Å². The van der Waals surface area contributed by atoms with Gasteiger partial charge in [0, 0.05) is 13.0 Å². The fraction of sp³-hybridized carbons (Fsp3) is 0.769. The molecule has 2 amide bonds. The Morgan fingerprint density at radius 3 is 2.24 bits per heavy atom. The first-order valence-corrected chi connectivity index (χ1v) is 7.12. The first-order valence-electron chi connectivity index (χ1n) is 7.12. The van der Waals surface area contributed by atoms with E-state index in [1.165, 1.54) is 0 Å². The normalized spacial score (nSPS) is 12.0. The van der Waals surface area contributed by atoms with Gasteiger partial charge in [0.2, 0.25) is 0 Å². The van der Waals surface area contributed by atoms with Crippen LogP contribution in [-0.4, -0.2) is 65.3 Å². The number of aliphatic carboxylic acids is 2. The minimum atomic E-state index is -1.24. The molecule has 0 aromatic carbocycles. The molecule has 0 saturated carbocycles. The third-order valence-electron chi connectivity index (χ3n) is 3.08. The standard InChI is InChI=1S/C13H25N3O5/c1-3-16(4-2)9-5-8-14-13(21)15-10(12(19)20)6-7-11(17)18/h10H,3-9H2,1-2H3,(H,17,18)(H,19,20)(H2,14,15,21)/t10-/m0/s1. The molecule has 8 heteroatoms. The molecule has 1 atom stereocenters. The van der Waals surface area contributed by atoms with Gasteiger partial charge in [-0.25, -0.2) is 9.59 Å². The van der Waals surface area contributed by atoms with Gasteiger partial charge in [-0.1, -0.05) is 13.8 Å². The van der Waals surface area contributed by atoms with Gasteiger partial charge in [-0.15, -0.1) is 0 Å². The highest BCUT2D eigenvalue weighted by Crippen LogP contribution is 1.98. The van der Waals surface area contributed by atoms with E-state index in [2.05, 4.69) is 29.4 Å². The Labute approximate surface area is 124 Å². The molecule has 122 valence electrons. The molecule has 4 N–H and O–H groups in total. The van der Waals surface area contributed by atoms with Crippen LogP contribution in [-0.2, 0) is 9.59 Å². The summed E-state index contributed by atoms with van der Waals surface area (Å²) in [7, 11) is 0. The Kier molecular flexibility index (Phi) is 9.95. The molecular weight excluding hydrogens is 278 g/mol. The van der Waals surface area contributed by atoms with Gasteiger partial charge >= 0.3 is 18.0 Å². The zero-order valence-corrected chi connectivity index (χ0v) is 12.6. The molecule has 0 fully saturated rings. The van der Waals surface area contributed by atoms with Crippen molar-refractivity contribution >= 4 is 18.0 Å². The van der Waals surface area contributed by atoms with E-state index in [0.717, 1.165) is 26.1 Å². The molecule has 0 bridgehead atoms. The quantitative estimate of drug-likeness (QED) is 0.409.